The quantitative estimate of drug-likeness (QED) is 0.287. The Labute approximate surface area is 195 Å². The summed E-state index contributed by atoms with van der Waals surface area (Å²) in [7, 11) is 0. The number of nitrogen functional groups attached to an aromatic ring is 2. The zero-order valence-electron chi connectivity index (χ0n) is 19.2. The Morgan fingerprint density at radius 3 is 1.30 bits per heavy atom. The van der Waals surface area contributed by atoms with Crippen molar-refractivity contribution in [3.8, 4) is 23.0 Å². The number of hydrogen-bond acceptors (Lipinski definition) is 4. The lowest BCUT2D eigenvalue weighted by molar-refractivity contribution is 0.471. The monoisotopic (exact) mass is 438 g/mol. The molecule has 0 bridgehead atoms. The molecule has 0 amide bonds. The second-order valence-corrected chi connectivity index (χ2v) is 8.11. The van der Waals surface area contributed by atoms with Crippen molar-refractivity contribution >= 4 is 11.4 Å². The van der Waals surface area contributed by atoms with Gasteiger partial charge in [0.15, 0.2) is 0 Å². The van der Waals surface area contributed by atoms with E-state index in [1.54, 1.807) is 0 Å². The van der Waals surface area contributed by atoms with Crippen molar-refractivity contribution in [1.82, 2.24) is 0 Å². The molecule has 0 heterocycles. The predicted octanol–water partition coefficient (Wildman–Crippen LogP) is 7.15. The van der Waals surface area contributed by atoms with Gasteiger partial charge in [-0.15, -0.1) is 0 Å². The maximum Gasteiger partial charge on any atom is 0.130 e. The molecule has 0 aromatic heterocycles. The molecular formula is C29H30N2O2. The first-order valence-corrected chi connectivity index (χ1v) is 11.3. The highest BCUT2D eigenvalue weighted by Crippen LogP contribution is 2.33. The Morgan fingerprint density at radius 1 is 0.545 bits per heavy atom. The van der Waals surface area contributed by atoms with Crippen LogP contribution < -0.4 is 20.9 Å². The number of benzene rings is 4. The zero-order valence-corrected chi connectivity index (χ0v) is 19.2. The van der Waals surface area contributed by atoms with E-state index in [0.717, 1.165) is 47.0 Å². The zero-order chi connectivity index (χ0) is 23.2. The van der Waals surface area contributed by atoms with Crippen molar-refractivity contribution in [2.75, 3.05) is 11.5 Å². The molecule has 0 saturated carbocycles. The van der Waals surface area contributed by atoms with E-state index in [2.05, 4.69) is 50.2 Å². The van der Waals surface area contributed by atoms with Gasteiger partial charge in [0.1, 0.15) is 23.0 Å². The maximum absolute atomic E-state index is 6.25. The molecule has 4 nitrogen and oxygen atoms in total. The summed E-state index contributed by atoms with van der Waals surface area (Å²) in [5.41, 5.74) is 17.8. The number of rotatable bonds is 8. The van der Waals surface area contributed by atoms with Gasteiger partial charge >= 0.3 is 0 Å². The summed E-state index contributed by atoms with van der Waals surface area (Å²) in [5.74, 6) is 3.18. The number of ether oxygens (including phenoxy) is 2. The molecule has 0 radical (unpaired) electrons. The smallest absolute Gasteiger partial charge is 0.130 e. The lowest BCUT2D eigenvalue weighted by atomic mass is 9.98. The first-order chi connectivity index (χ1) is 16.0. The second kappa shape index (κ2) is 10.1. The molecule has 4 heteroatoms. The second-order valence-electron chi connectivity index (χ2n) is 8.11. The summed E-state index contributed by atoms with van der Waals surface area (Å²) in [6.07, 6.45) is 2.61. The van der Waals surface area contributed by atoms with Gasteiger partial charge in [0, 0.05) is 17.8 Å². The van der Waals surface area contributed by atoms with E-state index in [-0.39, 0.29) is 0 Å². The van der Waals surface area contributed by atoms with Crippen LogP contribution in [0.5, 0.6) is 23.0 Å². The van der Waals surface area contributed by atoms with E-state index in [0.29, 0.717) is 17.8 Å². The SMILES string of the molecule is CCc1ccc(Oc2ccc(N)cc2)c(Cc2cc(CC)ccc2Oc2ccc(N)cc2)c1. The van der Waals surface area contributed by atoms with Crippen molar-refractivity contribution in [3.05, 3.63) is 107 Å². The van der Waals surface area contributed by atoms with E-state index >= 15 is 0 Å². The molecular weight excluding hydrogens is 408 g/mol. The van der Waals surface area contributed by atoms with Crippen LogP contribution in [0.2, 0.25) is 0 Å². The maximum atomic E-state index is 6.25. The fourth-order valence-corrected chi connectivity index (χ4v) is 3.71. The molecule has 0 fully saturated rings. The van der Waals surface area contributed by atoms with E-state index in [4.69, 9.17) is 20.9 Å². The lowest BCUT2D eigenvalue weighted by Gasteiger charge is -2.16. The summed E-state index contributed by atoms with van der Waals surface area (Å²) in [5, 5.41) is 0. The van der Waals surface area contributed by atoms with Gasteiger partial charge in [0.25, 0.3) is 0 Å². The topological polar surface area (TPSA) is 70.5 Å². The molecule has 4 N–H and O–H groups in total. The molecule has 0 aliphatic heterocycles. The van der Waals surface area contributed by atoms with E-state index < -0.39 is 0 Å². The van der Waals surface area contributed by atoms with Gasteiger partial charge in [-0.3, -0.25) is 0 Å². The molecule has 0 aliphatic rings. The minimum Gasteiger partial charge on any atom is -0.457 e. The normalized spacial score (nSPS) is 10.7. The minimum atomic E-state index is 0.691. The van der Waals surface area contributed by atoms with Crippen molar-refractivity contribution in [2.45, 2.75) is 33.1 Å². The molecule has 4 aromatic carbocycles. The molecule has 33 heavy (non-hydrogen) atoms. The van der Waals surface area contributed by atoms with Crippen LogP contribution in [0.25, 0.3) is 0 Å². The molecule has 4 aromatic rings. The van der Waals surface area contributed by atoms with Crippen molar-refractivity contribution in [2.24, 2.45) is 0 Å². The summed E-state index contributed by atoms with van der Waals surface area (Å²) >= 11 is 0. The summed E-state index contributed by atoms with van der Waals surface area (Å²) < 4.78 is 12.5. The standard InChI is InChI=1S/C29H30N2O2/c1-3-20-5-15-28(32-26-11-7-24(30)8-12-26)22(17-20)19-23-18-21(4-2)6-16-29(23)33-27-13-9-25(31)10-14-27/h5-18H,3-4,19,30-31H2,1-2H3. The highest BCUT2D eigenvalue weighted by molar-refractivity contribution is 5.50. The van der Waals surface area contributed by atoms with Crippen molar-refractivity contribution in [1.29, 1.82) is 0 Å². The Balaban J connectivity index is 1.69. The van der Waals surface area contributed by atoms with Gasteiger partial charge in [-0.05, 0) is 95.8 Å². The third-order valence-electron chi connectivity index (χ3n) is 5.66. The first kappa shape index (κ1) is 22.3. The van der Waals surface area contributed by atoms with E-state index in [9.17, 15) is 0 Å². The number of nitrogens with two attached hydrogens (primary N) is 2. The van der Waals surface area contributed by atoms with Crippen LogP contribution >= 0.6 is 0 Å². The van der Waals surface area contributed by atoms with Gasteiger partial charge in [0.2, 0.25) is 0 Å². The van der Waals surface area contributed by atoms with Crippen LogP contribution in [0.3, 0.4) is 0 Å². The van der Waals surface area contributed by atoms with Crippen LogP contribution in [0.4, 0.5) is 11.4 Å². The Bertz CT molecular complexity index is 1120. The van der Waals surface area contributed by atoms with Gasteiger partial charge in [-0.2, -0.15) is 0 Å². The third kappa shape index (κ3) is 5.66. The molecule has 0 spiro atoms. The fraction of sp³-hybridized carbons (Fsp3) is 0.172. The van der Waals surface area contributed by atoms with Crippen LogP contribution in [-0.2, 0) is 19.3 Å². The number of aryl methyl sites for hydroxylation is 2. The molecule has 0 aliphatic carbocycles. The lowest BCUT2D eigenvalue weighted by Crippen LogP contribution is -1.99. The van der Waals surface area contributed by atoms with Crippen molar-refractivity contribution < 1.29 is 9.47 Å². The number of hydrogen-bond donors (Lipinski definition) is 2. The molecule has 4 rings (SSSR count). The molecule has 168 valence electrons. The largest absolute Gasteiger partial charge is 0.457 e. The van der Waals surface area contributed by atoms with Crippen LogP contribution in [0.1, 0.15) is 36.1 Å². The Hall–Kier alpha value is -3.92. The summed E-state index contributed by atoms with van der Waals surface area (Å²) in [4.78, 5) is 0. The highest BCUT2D eigenvalue weighted by Gasteiger charge is 2.13. The van der Waals surface area contributed by atoms with Crippen LogP contribution in [-0.4, -0.2) is 0 Å². The van der Waals surface area contributed by atoms with Gasteiger partial charge in [0.05, 0.1) is 0 Å². The predicted molar refractivity (Wildman–Crippen MR) is 136 cm³/mol. The molecule has 0 unspecified atom stereocenters. The van der Waals surface area contributed by atoms with Gasteiger partial charge in [-0.25, -0.2) is 0 Å². The van der Waals surface area contributed by atoms with Gasteiger partial charge in [-0.1, -0.05) is 38.1 Å². The van der Waals surface area contributed by atoms with Crippen LogP contribution in [0, 0.1) is 0 Å². The minimum absolute atomic E-state index is 0.691. The molecule has 0 atom stereocenters. The van der Waals surface area contributed by atoms with Crippen LogP contribution in [0.15, 0.2) is 84.9 Å². The van der Waals surface area contributed by atoms with Crippen molar-refractivity contribution in [3.63, 3.8) is 0 Å². The van der Waals surface area contributed by atoms with Gasteiger partial charge < -0.3 is 20.9 Å². The fourth-order valence-electron chi connectivity index (χ4n) is 3.71. The average Bonchev–Trinajstić information content (AvgIpc) is 2.84. The first-order valence-electron chi connectivity index (χ1n) is 11.3. The summed E-state index contributed by atoms with van der Waals surface area (Å²) in [6, 6.07) is 27.7. The van der Waals surface area contributed by atoms with E-state index in [1.165, 1.54) is 11.1 Å². The van der Waals surface area contributed by atoms with E-state index in [1.807, 2.05) is 48.5 Å². The Kier molecular flexibility index (Phi) is 6.84. The summed E-state index contributed by atoms with van der Waals surface area (Å²) in [6.45, 7) is 4.32. The number of anilines is 2. The highest BCUT2D eigenvalue weighted by atomic mass is 16.5. The molecule has 0 saturated heterocycles. The Morgan fingerprint density at radius 2 is 0.939 bits per heavy atom. The average molecular weight is 439 g/mol. The third-order valence-corrected chi connectivity index (χ3v) is 5.66.